The minimum absolute atomic E-state index is 0.400. The molecule has 6 nitrogen and oxygen atoms in total. The fourth-order valence-electron chi connectivity index (χ4n) is 3.29. The summed E-state index contributed by atoms with van der Waals surface area (Å²) in [5.74, 6) is -0.0262. The van der Waals surface area contributed by atoms with Crippen molar-refractivity contribution >= 4 is 11.5 Å². The lowest BCUT2D eigenvalue weighted by atomic mass is 9.99. The third-order valence-electron chi connectivity index (χ3n) is 4.69. The molecule has 0 bridgehead atoms. The Morgan fingerprint density at radius 3 is 2.79 bits per heavy atom. The maximum Gasteiger partial charge on any atom is 0.337 e. The van der Waals surface area contributed by atoms with E-state index >= 15 is 0 Å². The van der Waals surface area contributed by atoms with Gasteiger partial charge >= 0.3 is 5.97 Å². The van der Waals surface area contributed by atoms with Gasteiger partial charge in [0.1, 0.15) is 12.5 Å². The first kappa shape index (κ1) is 17.1. The molecule has 2 N–H and O–H groups in total. The average molecular weight is 333 g/mol. The van der Waals surface area contributed by atoms with Gasteiger partial charge in [0.05, 0.1) is 12.7 Å². The third kappa shape index (κ3) is 3.52. The van der Waals surface area contributed by atoms with Gasteiger partial charge in [0, 0.05) is 25.3 Å². The van der Waals surface area contributed by atoms with Crippen LogP contribution in [0.15, 0.2) is 30.3 Å². The highest BCUT2D eigenvalue weighted by atomic mass is 16.5. The number of nitrogens with zero attached hydrogens (tertiary/aromatic N) is 1. The van der Waals surface area contributed by atoms with Crippen LogP contribution in [0.3, 0.4) is 0 Å². The van der Waals surface area contributed by atoms with Crippen LogP contribution in [-0.2, 0) is 9.47 Å². The zero-order valence-corrected chi connectivity index (χ0v) is 13.7. The van der Waals surface area contributed by atoms with Crippen LogP contribution in [0.25, 0.3) is 5.57 Å². The van der Waals surface area contributed by atoms with Crippen molar-refractivity contribution in [1.29, 1.82) is 0 Å². The number of methoxy groups -OCH3 is 1. The Morgan fingerprint density at radius 1 is 1.33 bits per heavy atom. The molecule has 0 saturated carbocycles. The molecule has 2 unspecified atom stereocenters. The van der Waals surface area contributed by atoms with Crippen molar-refractivity contribution in [1.82, 2.24) is 4.90 Å². The summed E-state index contributed by atoms with van der Waals surface area (Å²) in [6.45, 7) is 2.07. The Kier molecular flexibility index (Phi) is 5.30. The van der Waals surface area contributed by atoms with Gasteiger partial charge in [-0.25, -0.2) is 9.69 Å². The van der Waals surface area contributed by atoms with Crippen LogP contribution in [0.4, 0.5) is 0 Å². The van der Waals surface area contributed by atoms with Crippen LogP contribution >= 0.6 is 0 Å². The van der Waals surface area contributed by atoms with E-state index < -0.39 is 18.4 Å². The van der Waals surface area contributed by atoms with Gasteiger partial charge in [-0.2, -0.15) is 0 Å². The Balaban J connectivity index is 1.75. The van der Waals surface area contributed by atoms with Crippen molar-refractivity contribution in [2.75, 3.05) is 26.9 Å². The summed E-state index contributed by atoms with van der Waals surface area (Å²) in [6, 6.07) is 6.88. The number of ether oxygens (including phenoxy) is 2. The fourth-order valence-corrected chi connectivity index (χ4v) is 3.29. The standard InChI is InChI=1S/C18H23NO5/c1-23-18(22)14-4-2-3-13(9-14)15-10-16(20)19(17(15)21)11-12-5-7-24-8-6-12/h2-4,9-10,12,16-17,20-21H,5-8,11H2,1H3. The smallest absolute Gasteiger partial charge is 0.337 e. The lowest BCUT2D eigenvalue weighted by molar-refractivity contribution is -0.0558. The number of esters is 1. The lowest BCUT2D eigenvalue weighted by Gasteiger charge is -2.31. The molecule has 2 aliphatic rings. The molecule has 0 amide bonds. The first-order valence-corrected chi connectivity index (χ1v) is 8.20. The highest BCUT2D eigenvalue weighted by Crippen LogP contribution is 2.31. The van der Waals surface area contributed by atoms with E-state index in [4.69, 9.17) is 9.47 Å². The molecule has 3 rings (SSSR count). The largest absolute Gasteiger partial charge is 0.465 e. The first-order chi connectivity index (χ1) is 11.6. The summed E-state index contributed by atoms with van der Waals surface area (Å²) >= 11 is 0. The van der Waals surface area contributed by atoms with Crippen molar-refractivity contribution in [3.8, 4) is 0 Å². The topological polar surface area (TPSA) is 79.2 Å². The molecule has 130 valence electrons. The van der Waals surface area contributed by atoms with Crippen LogP contribution in [0.2, 0.25) is 0 Å². The van der Waals surface area contributed by atoms with Gasteiger partial charge in [-0.1, -0.05) is 12.1 Å². The molecule has 0 radical (unpaired) electrons. The van der Waals surface area contributed by atoms with E-state index in [0.717, 1.165) is 26.1 Å². The van der Waals surface area contributed by atoms with Gasteiger partial charge < -0.3 is 19.7 Å². The van der Waals surface area contributed by atoms with E-state index in [-0.39, 0.29) is 0 Å². The van der Waals surface area contributed by atoms with Crippen LogP contribution in [0.5, 0.6) is 0 Å². The Hall–Kier alpha value is -1.73. The van der Waals surface area contributed by atoms with Crippen molar-refractivity contribution in [2.24, 2.45) is 5.92 Å². The zero-order valence-electron chi connectivity index (χ0n) is 13.7. The Morgan fingerprint density at radius 2 is 2.08 bits per heavy atom. The van der Waals surface area contributed by atoms with Gasteiger partial charge in [0.15, 0.2) is 0 Å². The fraction of sp³-hybridized carbons (Fsp3) is 0.500. The minimum atomic E-state index is -0.893. The van der Waals surface area contributed by atoms with E-state index in [2.05, 4.69) is 0 Å². The molecule has 2 heterocycles. The molecule has 2 aliphatic heterocycles. The number of carbonyl (C=O) groups is 1. The Labute approximate surface area is 141 Å². The van der Waals surface area contributed by atoms with Gasteiger partial charge in [-0.3, -0.25) is 0 Å². The second-order valence-electron chi connectivity index (χ2n) is 6.23. The van der Waals surface area contributed by atoms with Crippen molar-refractivity contribution < 1.29 is 24.5 Å². The van der Waals surface area contributed by atoms with Gasteiger partial charge in [-0.15, -0.1) is 0 Å². The monoisotopic (exact) mass is 333 g/mol. The number of aliphatic hydroxyl groups excluding tert-OH is 2. The molecule has 2 atom stereocenters. The summed E-state index contributed by atoms with van der Waals surface area (Å²) in [5.41, 5.74) is 1.74. The van der Waals surface area contributed by atoms with Crippen LogP contribution < -0.4 is 0 Å². The number of rotatable bonds is 4. The second-order valence-corrected chi connectivity index (χ2v) is 6.23. The molecule has 0 spiro atoms. The molecule has 24 heavy (non-hydrogen) atoms. The molecular formula is C18H23NO5. The quantitative estimate of drug-likeness (QED) is 0.807. The summed E-state index contributed by atoms with van der Waals surface area (Å²) < 4.78 is 10.1. The van der Waals surface area contributed by atoms with Crippen molar-refractivity contribution in [3.05, 3.63) is 41.5 Å². The number of aliphatic hydroxyl groups is 2. The third-order valence-corrected chi connectivity index (χ3v) is 4.69. The second kappa shape index (κ2) is 7.44. The van der Waals surface area contributed by atoms with Gasteiger partial charge in [0.2, 0.25) is 0 Å². The van der Waals surface area contributed by atoms with E-state index in [9.17, 15) is 15.0 Å². The molecule has 0 aromatic heterocycles. The highest BCUT2D eigenvalue weighted by molar-refractivity contribution is 5.90. The van der Waals surface area contributed by atoms with Gasteiger partial charge in [-0.05, 0) is 42.5 Å². The lowest BCUT2D eigenvalue weighted by Crippen LogP contribution is -2.42. The molecule has 1 aromatic rings. The van der Waals surface area contributed by atoms with Crippen molar-refractivity contribution in [3.63, 3.8) is 0 Å². The summed E-state index contributed by atoms with van der Waals surface area (Å²) in [6.07, 6.45) is 1.78. The maximum atomic E-state index is 11.7. The predicted molar refractivity (Wildman–Crippen MR) is 88.0 cm³/mol. The molecule has 1 aromatic carbocycles. The Bertz CT molecular complexity index is 624. The van der Waals surface area contributed by atoms with Crippen molar-refractivity contribution in [2.45, 2.75) is 25.3 Å². The normalized spacial score (nSPS) is 25.5. The zero-order chi connectivity index (χ0) is 17.1. The van der Waals surface area contributed by atoms with E-state index in [0.29, 0.717) is 29.2 Å². The van der Waals surface area contributed by atoms with Crippen LogP contribution in [0, 0.1) is 5.92 Å². The molecule has 1 saturated heterocycles. The highest BCUT2D eigenvalue weighted by Gasteiger charge is 2.34. The van der Waals surface area contributed by atoms with Gasteiger partial charge in [0.25, 0.3) is 0 Å². The first-order valence-electron chi connectivity index (χ1n) is 8.20. The SMILES string of the molecule is COC(=O)c1cccc(C2=CC(O)N(CC3CCOCC3)C2O)c1. The predicted octanol–water partition coefficient (Wildman–Crippen LogP) is 1.24. The summed E-state index contributed by atoms with van der Waals surface area (Å²) in [4.78, 5) is 13.4. The molecular weight excluding hydrogens is 310 g/mol. The van der Waals surface area contributed by atoms with E-state index in [1.807, 2.05) is 6.07 Å². The van der Waals surface area contributed by atoms with E-state index in [1.54, 1.807) is 29.2 Å². The number of carbonyl (C=O) groups excluding carboxylic acids is 1. The molecule has 6 heteroatoms. The number of benzene rings is 1. The summed E-state index contributed by atoms with van der Waals surface area (Å²) in [5, 5.41) is 21.0. The summed E-state index contributed by atoms with van der Waals surface area (Å²) in [7, 11) is 1.33. The van der Waals surface area contributed by atoms with Crippen LogP contribution in [0.1, 0.15) is 28.8 Å². The number of hydrogen-bond acceptors (Lipinski definition) is 6. The minimum Gasteiger partial charge on any atom is -0.465 e. The number of hydrogen-bond donors (Lipinski definition) is 2. The van der Waals surface area contributed by atoms with E-state index in [1.165, 1.54) is 7.11 Å². The molecule has 1 fully saturated rings. The average Bonchev–Trinajstić information content (AvgIpc) is 2.90. The molecule has 0 aliphatic carbocycles. The van der Waals surface area contributed by atoms with Crippen LogP contribution in [-0.4, -0.2) is 60.4 Å². The maximum absolute atomic E-state index is 11.7.